The summed E-state index contributed by atoms with van der Waals surface area (Å²) in [5.41, 5.74) is 1.98. The number of benzene rings is 2. The summed E-state index contributed by atoms with van der Waals surface area (Å²) in [6.07, 6.45) is 3.73. The van der Waals surface area contributed by atoms with Crippen molar-refractivity contribution in [3.8, 4) is 0 Å². The highest BCUT2D eigenvalue weighted by Gasteiger charge is 2.42. The van der Waals surface area contributed by atoms with Gasteiger partial charge in [0.25, 0.3) is 5.91 Å². The fourth-order valence-electron chi connectivity index (χ4n) is 4.41. The number of piperidine rings is 2. The van der Waals surface area contributed by atoms with Crippen molar-refractivity contribution in [3.05, 3.63) is 65.7 Å². The molecule has 2 aromatic carbocycles. The first-order valence-electron chi connectivity index (χ1n) is 10.3. The van der Waals surface area contributed by atoms with Crippen molar-refractivity contribution in [2.75, 3.05) is 31.1 Å². The Hall–Kier alpha value is -2.08. The number of nitrogens with zero attached hydrogens (tertiary/aromatic N) is 1. The molecular weight excluding hydrogens is 386 g/mol. The molecule has 0 aliphatic carbocycles. The molecule has 29 heavy (non-hydrogen) atoms. The average molecular weight is 416 g/mol. The number of hydrogen-bond acceptors (Lipinski definition) is 4. The molecular formula is C23H30ClN3O2. The first-order chi connectivity index (χ1) is 13.7. The van der Waals surface area contributed by atoms with E-state index in [0.717, 1.165) is 25.2 Å². The number of anilines is 1. The second-order valence-electron chi connectivity index (χ2n) is 7.86. The lowest BCUT2D eigenvalue weighted by atomic mass is 9.79. The zero-order valence-electron chi connectivity index (χ0n) is 16.6. The number of halogens is 1. The number of aliphatic hydroxyl groups is 1. The Kier molecular flexibility index (Phi) is 7.17. The van der Waals surface area contributed by atoms with Gasteiger partial charge < -0.3 is 20.6 Å². The monoisotopic (exact) mass is 415 g/mol. The third kappa shape index (κ3) is 4.58. The molecule has 2 aliphatic rings. The molecule has 0 spiro atoms. The number of aliphatic hydroxyl groups excluding tert-OH is 1. The van der Waals surface area contributed by atoms with Crippen LogP contribution in [-0.4, -0.2) is 43.3 Å². The Morgan fingerprint density at radius 2 is 1.72 bits per heavy atom. The molecule has 2 heterocycles. The molecule has 0 aromatic heterocycles. The summed E-state index contributed by atoms with van der Waals surface area (Å²) in [7, 11) is 0. The molecule has 6 heteroatoms. The molecule has 1 amide bonds. The van der Waals surface area contributed by atoms with Gasteiger partial charge in [0.15, 0.2) is 0 Å². The summed E-state index contributed by atoms with van der Waals surface area (Å²) < 4.78 is 0. The largest absolute Gasteiger partial charge is 0.389 e. The molecule has 4 rings (SSSR count). The molecule has 3 N–H and O–H groups in total. The molecule has 2 saturated heterocycles. The van der Waals surface area contributed by atoms with Crippen molar-refractivity contribution in [1.29, 1.82) is 0 Å². The Morgan fingerprint density at radius 1 is 1.03 bits per heavy atom. The minimum Gasteiger partial charge on any atom is -0.389 e. The summed E-state index contributed by atoms with van der Waals surface area (Å²) in [6.45, 7) is 3.38. The average Bonchev–Trinajstić information content (AvgIpc) is 2.77. The van der Waals surface area contributed by atoms with Crippen LogP contribution in [0.4, 0.5) is 5.69 Å². The van der Waals surface area contributed by atoms with E-state index in [1.54, 1.807) is 0 Å². The topological polar surface area (TPSA) is 64.6 Å². The van der Waals surface area contributed by atoms with Gasteiger partial charge in [0.2, 0.25) is 0 Å². The van der Waals surface area contributed by atoms with E-state index in [-0.39, 0.29) is 18.3 Å². The van der Waals surface area contributed by atoms with E-state index in [1.807, 2.05) is 54.6 Å². The van der Waals surface area contributed by atoms with Crippen molar-refractivity contribution < 1.29 is 9.90 Å². The predicted molar refractivity (Wildman–Crippen MR) is 119 cm³/mol. The summed E-state index contributed by atoms with van der Waals surface area (Å²) in [5, 5.41) is 17.2. The number of rotatable bonds is 4. The van der Waals surface area contributed by atoms with Crippen LogP contribution >= 0.6 is 12.4 Å². The van der Waals surface area contributed by atoms with Gasteiger partial charge in [0, 0.05) is 30.9 Å². The summed E-state index contributed by atoms with van der Waals surface area (Å²) in [6, 6.07) is 17.7. The number of β-amino-alcohol motifs (C(OH)–C–C–N with tert-alkyl or cyclic N) is 1. The van der Waals surface area contributed by atoms with Crippen LogP contribution in [0.15, 0.2) is 54.6 Å². The van der Waals surface area contributed by atoms with Gasteiger partial charge in [-0.1, -0.05) is 30.3 Å². The van der Waals surface area contributed by atoms with Crippen LogP contribution in [0.2, 0.25) is 0 Å². The second kappa shape index (κ2) is 9.61. The van der Waals surface area contributed by atoms with E-state index in [4.69, 9.17) is 0 Å². The molecule has 0 radical (unpaired) electrons. The summed E-state index contributed by atoms with van der Waals surface area (Å²) in [4.78, 5) is 15.5. The molecule has 5 nitrogen and oxygen atoms in total. The third-order valence-electron chi connectivity index (χ3n) is 6.08. The van der Waals surface area contributed by atoms with Crippen LogP contribution in [0.1, 0.15) is 41.6 Å². The molecule has 2 fully saturated rings. The smallest absolute Gasteiger partial charge is 0.252 e. The van der Waals surface area contributed by atoms with E-state index in [2.05, 4.69) is 15.5 Å². The summed E-state index contributed by atoms with van der Waals surface area (Å²) in [5.74, 6) is -0.144. The number of hydrogen-bond donors (Lipinski definition) is 3. The van der Waals surface area contributed by atoms with Crippen LogP contribution < -0.4 is 15.5 Å². The minimum absolute atomic E-state index is 0. The van der Waals surface area contributed by atoms with Crippen LogP contribution in [0, 0.1) is 0 Å². The van der Waals surface area contributed by atoms with Crippen molar-refractivity contribution in [1.82, 2.24) is 10.6 Å². The standard InChI is InChI=1S/C23H29N3O2.ClH/c27-21-17-24-14-13-23(21,19-7-3-1-4-8-19)25-22(28)18-9-11-20(12-10-18)26-15-5-2-6-16-26;/h1,3-4,7-12,21,24,27H,2,5-6,13-17H2,(H,25,28);1H/t21-,23+;/m1./s1. The maximum atomic E-state index is 13.1. The van der Waals surface area contributed by atoms with Crippen LogP contribution in [-0.2, 0) is 5.54 Å². The highest BCUT2D eigenvalue weighted by atomic mass is 35.5. The normalized spacial score (nSPS) is 24.4. The van der Waals surface area contributed by atoms with Gasteiger partial charge in [-0.25, -0.2) is 0 Å². The lowest BCUT2D eigenvalue weighted by Gasteiger charge is -2.43. The predicted octanol–water partition coefficient (Wildman–Crippen LogP) is 3.08. The first-order valence-corrected chi connectivity index (χ1v) is 10.3. The lowest BCUT2D eigenvalue weighted by molar-refractivity contribution is 0.0290. The molecule has 156 valence electrons. The minimum atomic E-state index is -0.769. The van der Waals surface area contributed by atoms with Crippen molar-refractivity contribution in [2.24, 2.45) is 0 Å². The van der Waals surface area contributed by atoms with Gasteiger partial charge in [-0.3, -0.25) is 4.79 Å². The summed E-state index contributed by atoms with van der Waals surface area (Å²) >= 11 is 0. The first kappa shape index (κ1) is 21.6. The van der Waals surface area contributed by atoms with Crippen LogP contribution in [0.5, 0.6) is 0 Å². The zero-order chi connectivity index (χ0) is 19.4. The number of nitrogens with one attached hydrogen (secondary N) is 2. The highest BCUT2D eigenvalue weighted by Crippen LogP contribution is 2.31. The Balaban J connectivity index is 0.00000240. The van der Waals surface area contributed by atoms with Crippen molar-refractivity contribution >= 4 is 24.0 Å². The van der Waals surface area contributed by atoms with Gasteiger partial charge in [-0.2, -0.15) is 0 Å². The number of carbonyl (C=O) groups excluding carboxylic acids is 1. The van der Waals surface area contributed by atoms with E-state index < -0.39 is 11.6 Å². The van der Waals surface area contributed by atoms with Crippen molar-refractivity contribution in [3.63, 3.8) is 0 Å². The van der Waals surface area contributed by atoms with Gasteiger partial charge in [-0.05, 0) is 62.1 Å². The quantitative estimate of drug-likeness (QED) is 0.718. The lowest BCUT2D eigenvalue weighted by Crippen LogP contribution is -2.61. The number of amides is 1. The van der Waals surface area contributed by atoms with Crippen LogP contribution in [0.3, 0.4) is 0 Å². The maximum Gasteiger partial charge on any atom is 0.252 e. The van der Waals surface area contributed by atoms with E-state index in [1.165, 1.54) is 24.9 Å². The Morgan fingerprint density at radius 3 is 2.38 bits per heavy atom. The Bertz CT molecular complexity index is 794. The fraction of sp³-hybridized carbons (Fsp3) is 0.435. The number of carbonyl (C=O) groups is 1. The molecule has 0 bridgehead atoms. The zero-order valence-corrected chi connectivity index (χ0v) is 17.5. The second-order valence-corrected chi connectivity index (χ2v) is 7.86. The molecule has 0 unspecified atom stereocenters. The molecule has 2 aliphatic heterocycles. The Labute approximate surface area is 178 Å². The third-order valence-corrected chi connectivity index (χ3v) is 6.08. The molecule has 0 saturated carbocycles. The van der Waals surface area contributed by atoms with E-state index in [9.17, 15) is 9.90 Å². The SMILES string of the molecule is Cl.O=C(N[C@]1(c2ccccc2)CCNC[C@H]1O)c1ccc(N2CCCCC2)cc1. The maximum absolute atomic E-state index is 13.1. The fourth-order valence-corrected chi connectivity index (χ4v) is 4.41. The van der Waals surface area contributed by atoms with Crippen LogP contribution in [0.25, 0.3) is 0 Å². The van der Waals surface area contributed by atoms with E-state index in [0.29, 0.717) is 18.5 Å². The van der Waals surface area contributed by atoms with Crippen molar-refractivity contribution in [2.45, 2.75) is 37.3 Å². The highest BCUT2D eigenvalue weighted by molar-refractivity contribution is 5.95. The molecule has 2 atom stereocenters. The van der Waals surface area contributed by atoms with Gasteiger partial charge in [-0.15, -0.1) is 12.4 Å². The van der Waals surface area contributed by atoms with Gasteiger partial charge in [0.1, 0.15) is 0 Å². The van der Waals surface area contributed by atoms with Gasteiger partial charge in [0.05, 0.1) is 11.6 Å². The molecule has 2 aromatic rings. The van der Waals surface area contributed by atoms with Gasteiger partial charge >= 0.3 is 0 Å². The van der Waals surface area contributed by atoms with E-state index >= 15 is 0 Å².